The number of anilines is 1. The molecule has 0 saturated heterocycles. The second-order valence-corrected chi connectivity index (χ2v) is 2.79. The Labute approximate surface area is 87.4 Å². The Morgan fingerprint density at radius 1 is 1.47 bits per heavy atom. The molecule has 0 aliphatic carbocycles. The molecular formula is C10H11N3O2. The normalized spacial score (nSPS) is 9.00. The third-order valence-corrected chi connectivity index (χ3v) is 1.61. The Balaban J connectivity index is 2.34. The summed E-state index contributed by atoms with van der Waals surface area (Å²) in [4.78, 5) is 11.0. The van der Waals surface area contributed by atoms with Gasteiger partial charge in [-0.3, -0.25) is 4.79 Å². The smallest absolute Gasteiger partial charge is 0.258 e. The maximum Gasteiger partial charge on any atom is 0.258 e. The zero-order chi connectivity index (χ0) is 11.1. The first-order valence-corrected chi connectivity index (χ1v) is 4.34. The largest absolute Gasteiger partial charge is 0.484 e. The third kappa shape index (κ3) is 4.00. The van der Waals surface area contributed by atoms with Gasteiger partial charge in [-0.15, -0.1) is 0 Å². The Hall–Kier alpha value is -2.22. The SMILES string of the molecule is N#CCNC(=O)COc1ccc(N)cc1. The maximum absolute atomic E-state index is 11.0. The molecule has 0 atom stereocenters. The van der Waals surface area contributed by atoms with Crippen molar-refractivity contribution in [3.05, 3.63) is 24.3 Å². The lowest BCUT2D eigenvalue weighted by atomic mass is 10.3. The Kier molecular flexibility index (Phi) is 3.98. The van der Waals surface area contributed by atoms with Crippen molar-refractivity contribution in [2.24, 2.45) is 0 Å². The molecule has 1 aromatic rings. The molecule has 1 rings (SSSR count). The molecular weight excluding hydrogens is 194 g/mol. The predicted octanol–water partition coefficient (Wildman–Crippen LogP) is 0.287. The van der Waals surface area contributed by atoms with Crippen molar-refractivity contribution in [3.63, 3.8) is 0 Å². The van der Waals surface area contributed by atoms with Crippen LogP contribution in [0, 0.1) is 11.3 Å². The van der Waals surface area contributed by atoms with Crippen molar-refractivity contribution in [3.8, 4) is 11.8 Å². The number of benzene rings is 1. The molecule has 0 aliphatic rings. The lowest BCUT2D eigenvalue weighted by molar-refractivity contribution is -0.122. The van der Waals surface area contributed by atoms with E-state index in [1.54, 1.807) is 30.3 Å². The number of rotatable bonds is 4. The van der Waals surface area contributed by atoms with E-state index in [1.165, 1.54) is 0 Å². The molecule has 0 radical (unpaired) electrons. The molecule has 0 bridgehead atoms. The number of hydrogen-bond acceptors (Lipinski definition) is 4. The summed E-state index contributed by atoms with van der Waals surface area (Å²) >= 11 is 0. The van der Waals surface area contributed by atoms with E-state index < -0.39 is 0 Å². The van der Waals surface area contributed by atoms with Crippen molar-refractivity contribution < 1.29 is 9.53 Å². The Morgan fingerprint density at radius 3 is 2.73 bits per heavy atom. The number of nitrogen functional groups attached to an aromatic ring is 1. The molecule has 0 heterocycles. The fourth-order valence-corrected chi connectivity index (χ4v) is 0.902. The Bertz CT molecular complexity index is 367. The quantitative estimate of drug-likeness (QED) is 0.546. The molecule has 0 fully saturated rings. The number of nitriles is 1. The third-order valence-electron chi connectivity index (χ3n) is 1.61. The topological polar surface area (TPSA) is 88.1 Å². The molecule has 1 amide bonds. The zero-order valence-electron chi connectivity index (χ0n) is 8.06. The van der Waals surface area contributed by atoms with Gasteiger partial charge in [0.05, 0.1) is 6.07 Å². The number of carbonyl (C=O) groups excluding carboxylic acids is 1. The molecule has 5 nitrogen and oxygen atoms in total. The first-order valence-electron chi connectivity index (χ1n) is 4.34. The van der Waals surface area contributed by atoms with Gasteiger partial charge < -0.3 is 15.8 Å². The van der Waals surface area contributed by atoms with E-state index in [4.69, 9.17) is 15.7 Å². The first-order chi connectivity index (χ1) is 7.22. The molecule has 1 aromatic carbocycles. The van der Waals surface area contributed by atoms with Crippen LogP contribution in [0.25, 0.3) is 0 Å². The highest BCUT2D eigenvalue weighted by molar-refractivity contribution is 5.77. The van der Waals surface area contributed by atoms with Crippen LogP contribution >= 0.6 is 0 Å². The number of nitrogens with one attached hydrogen (secondary N) is 1. The highest BCUT2D eigenvalue weighted by atomic mass is 16.5. The van der Waals surface area contributed by atoms with Crippen LogP contribution in [0.5, 0.6) is 5.75 Å². The van der Waals surface area contributed by atoms with Gasteiger partial charge in [0.2, 0.25) is 0 Å². The summed E-state index contributed by atoms with van der Waals surface area (Å²) in [5.74, 6) is 0.240. The average molecular weight is 205 g/mol. The number of amides is 1. The summed E-state index contributed by atoms with van der Waals surface area (Å²) in [5, 5.41) is 10.6. The maximum atomic E-state index is 11.0. The number of nitrogens with zero attached hydrogens (tertiary/aromatic N) is 1. The second kappa shape index (κ2) is 5.50. The Morgan fingerprint density at radius 2 is 2.13 bits per heavy atom. The van der Waals surface area contributed by atoms with Crippen molar-refractivity contribution in [2.45, 2.75) is 0 Å². The van der Waals surface area contributed by atoms with Crippen LogP contribution in [0.3, 0.4) is 0 Å². The minimum absolute atomic E-state index is 0.00999. The van der Waals surface area contributed by atoms with Crippen LogP contribution in [0.15, 0.2) is 24.3 Å². The van der Waals surface area contributed by atoms with Crippen LogP contribution in [-0.4, -0.2) is 19.1 Å². The summed E-state index contributed by atoms with van der Waals surface area (Å²) in [6.07, 6.45) is 0. The van der Waals surface area contributed by atoms with Gasteiger partial charge >= 0.3 is 0 Å². The van der Waals surface area contributed by atoms with E-state index in [0.29, 0.717) is 11.4 Å². The highest BCUT2D eigenvalue weighted by Gasteiger charge is 2.00. The molecule has 0 aliphatic heterocycles. The number of ether oxygens (including phenoxy) is 1. The van der Waals surface area contributed by atoms with Crippen LogP contribution in [0.1, 0.15) is 0 Å². The van der Waals surface area contributed by atoms with Gasteiger partial charge in [-0.1, -0.05) is 0 Å². The average Bonchev–Trinajstić information content (AvgIpc) is 2.25. The standard InChI is InChI=1S/C10H11N3O2/c11-5-6-13-10(14)7-15-9-3-1-8(12)2-4-9/h1-4H,6-7,12H2,(H,13,14). The molecule has 0 unspecified atom stereocenters. The summed E-state index contributed by atoms with van der Waals surface area (Å²) in [7, 11) is 0. The van der Waals surface area contributed by atoms with Gasteiger partial charge in [0, 0.05) is 5.69 Å². The van der Waals surface area contributed by atoms with Crippen LogP contribution in [0.4, 0.5) is 5.69 Å². The monoisotopic (exact) mass is 205 g/mol. The van der Waals surface area contributed by atoms with Gasteiger partial charge in [-0.05, 0) is 24.3 Å². The molecule has 15 heavy (non-hydrogen) atoms. The van der Waals surface area contributed by atoms with Crippen molar-refractivity contribution in [1.82, 2.24) is 5.32 Å². The summed E-state index contributed by atoms with van der Waals surface area (Å²) in [6.45, 7) is -0.116. The summed E-state index contributed by atoms with van der Waals surface area (Å²) in [6, 6.07) is 8.51. The van der Waals surface area contributed by atoms with E-state index in [9.17, 15) is 4.79 Å². The van der Waals surface area contributed by atoms with Crippen LogP contribution in [-0.2, 0) is 4.79 Å². The zero-order valence-corrected chi connectivity index (χ0v) is 8.06. The fraction of sp³-hybridized carbons (Fsp3) is 0.200. The highest BCUT2D eigenvalue weighted by Crippen LogP contribution is 2.12. The number of nitrogens with two attached hydrogens (primary N) is 1. The predicted molar refractivity (Wildman–Crippen MR) is 55.0 cm³/mol. The second-order valence-electron chi connectivity index (χ2n) is 2.79. The van der Waals surface area contributed by atoms with Gasteiger partial charge in [0.15, 0.2) is 6.61 Å². The number of carbonyl (C=O) groups is 1. The molecule has 0 spiro atoms. The first kappa shape index (κ1) is 10.9. The summed E-state index contributed by atoms with van der Waals surface area (Å²) < 4.78 is 5.14. The van der Waals surface area contributed by atoms with E-state index in [1.807, 2.05) is 0 Å². The summed E-state index contributed by atoms with van der Waals surface area (Å²) in [5.41, 5.74) is 6.11. The minimum Gasteiger partial charge on any atom is -0.484 e. The fourth-order valence-electron chi connectivity index (χ4n) is 0.902. The van der Waals surface area contributed by atoms with Crippen LogP contribution in [0.2, 0.25) is 0 Å². The molecule has 78 valence electrons. The van der Waals surface area contributed by atoms with E-state index in [0.717, 1.165) is 0 Å². The van der Waals surface area contributed by atoms with Gasteiger partial charge in [-0.25, -0.2) is 0 Å². The molecule has 3 N–H and O–H groups in total. The van der Waals surface area contributed by atoms with E-state index >= 15 is 0 Å². The molecule has 0 aromatic heterocycles. The van der Waals surface area contributed by atoms with E-state index in [2.05, 4.69) is 5.32 Å². The molecule has 5 heteroatoms. The van der Waals surface area contributed by atoms with Crippen LogP contribution < -0.4 is 15.8 Å². The van der Waals surface area contributed by atoms with Gasteiger partial charge in [-0.2, -0.15) is 5.26 Å². The molecule has 0 saturated carbocycles. The van der Waals surface area contributed by atoms with Crippen molar-refractivity contribution >= 4 is 11.6 Å². The number of hydrogen-bond donors (Lipinski definition) is 2. The lowest BCUT2D eigenvalue weighted by Crippen LogP contribution is -2.28. The van der Waals surface area contributed by atoms with Gasteiger partial charge in [0.1, 0.15) is 12.3 Å². The lowest BCUT2D eigenvalue weighted by Gasteiger charge is -2.05. The van der Waals surface area contributed by atoms with Gasteiger partial charge in [0.25, 0.3) is 5.91 Å². The van der Waals surface area contributed by atoms with Crippen molar-refractivity contribution in [2.75, 3.05) is 18.9 Å². The minimum atomic E-state index is -0.326. The van der Waals surface area contributed by atoms with Crippen molar-refractivity contribution in [1.29, 1.82) is 5.26 Å². The van der Waals surface area contributed by atoms with E-state index in [-0.39, 0.29) is 19.1 Å².